The van der Waals surface area contributed by atoms with Crippen molar-refractivity contribution >= 4 is 23.1 Å². The van der Waals surface area contributed by atoms with Gasteiger partial charge in [0.05, 0.1) is 16.3 Å². The fraction of sp³-hybridized carbons (Fsp3) is 0.500. The Kier molecular flexibility index (Phi) is 3.64. The molecule has 1 atom stereocenters. The molecule has 1 aromatic rings. The van der Waals surface area contributed by atoms with Crippen molar-refractivity contribution in [2.45, 2.75) is 32.3 Å². The van der Waals surface area contributed by atoms with Crippen LogP contribution in [-0.2, 0) is 0 Å². The third-order valence-electron chi connectivity index (χ3n) is 3.37. The van der Waals surface area contributed by atoms with Crippen molar-refractivity contribution < 1.29 is 9.90 Å². The number of piperidine rings is 1. The number of nitrogens with zero attached hydrogens (tertiary/aromatic N) is 1. The number of halogens is 1. The summed E-state index contributed by atoms with van der Waals surface area (Å²) in [7, 11) is 0. The zero-order chi connectivity index (χ0) is 13.3. The molecule has 1 heterocycles. The van der Waals surface area contributed by atoms with Crippen LogP contribution in [0.4, 0.5) is 5.69 Å². The molecule has 0 aliphatic carbocycles. The van der Waals surface area contributed by atoms with Crippen LogP contribution in [-0.4, -0.2) is 29.6 Å². The number of hydrogen-bond acceptors (Lipinski definition) is 3. The van der Waals surface area contributed by atoms with Crippen molar-refractivity contribution in [3.8, 4) is 0 Å². The van der Waals surface area contributed by atoms with E-state index in [1.54, 1.807) is 12.1 Å². The summed E-state index contributed by atoms with van der Waals surface area (Å²) in [5.41, 5.74) is 0.843. The number of rotatable bonds is 2. The topological polar surface area (TPSA) is 40.5 Å². The van der Waals surface area contributed by atoms with E-state index in [-0.39, 0.29) is 5.78 Å². The molecule has 0 aromatic heterocycles. The summed E-state index contributed by atoms with van der Waals surface area (Å²) in [5, 5.41) is 10.7. The van der Waals surface area contributed by atoms with Crippen LogP contribution >= 0.6 is 11.6 Å². The number of benzene rings is 1. The van der Waals surface area contributed by atoms with Gasteiger partial charge in [-0.2, -0.15) is 0 Å². The molecule has 1 N–H and O–H groups in total. The lowest BCUT2D eigenvalue weighted by Gasteiger charge is -2.38. The first kappa shape index (κ1) is 13.4. The van der Waals surface area contributed by atoms with Crippen LogP contribution in [0.1, 0.15) is 37.0 Å². The highest BCUT2D eigenvalue weighted by Gasteiger charge is 2.29. The highest BCUT2D eigenvalue weighted by atomic mass is 35.5. The number of anilines is 1. The molecular formula is C14H18ClNO2. The molecule has 1 fully saturated rings. The predicted molar refractivity (Wildman–Crippen MR) is 73.5 cm³/mol. The minimum absolute atomic E-state index is 0.00842. The maximum Gasteiger partial charge on any atom is 0.159 e. The smallest absolute Gasteiger partial charge is 0.159 e. The van der Waals surface area contributed by atoms with Gasteiger partial charge in [0.2, 0.25) is 0 Å². The van der Waals surface area contributed by atoms with E-state index in [4.69, 9.17) is 11.6 Å². The fourth-order valence-corrected chi connectivity index (χ4v) is 2.71. The van der Waals surface area contributed by atoms with Crippen LogP contribution in [0.5, 0.6) is 0 Å². The second-order valence-electron chi connectivity index (χ2n) is 5.24. The van der Waals surface area contributed by atoms with Crippen molar-refractivity contribution in [3.63, 3.8) is 0 Å². The summed E-state index contributed by atoms with van der Waals surface area (Å²) < 4.78 is 0. The summed E-state index contributed by atoms with van der Waals surface area (Å²) in [6.45, 7) is 4.83. The summed E-state index contributed by atoms with van der Waals surface area (Å²) in [4.78, 5) is 13.4. The Balaban J connectivity index is 2.26. The maximum atomic E-state index is 11.3. The molecule has 1 saturated heterocycles. The average molecular weight is 268 g/mol. The van der Waals surface area contributed by atoms with E-state index in [0.717, 1.165) is 25.1 Å². The average Bonchev–Trinajstić information content (AvgIpc) is 2.27. The third-order valence-corrected chi connectivity index (χ3v) is 3.67. The molecule has 0 amide bonds. The van der Waals surface area contributed by atoms with Crippen LogP contribution in [0.15, 0.2) is 18.2 Å². The molecular weight excluding hydrogens is 250 g/mol. The van der Waals surface area contributed by atoms with E-state index < -0.39 is 5.60 Å². The molecule has 18 heavy (non-hydrogen) atoms. The van der Waals surface area contributed by atoms with Gasteiger partial charge < -0.3 is 10.0 Å². The van der Waals surface area contributed by atoms with Gasteiger partial charge >= 0.3 is 0 Å². The van der Waals surface area contributed by atoms with Crippen LogP contribution in [0, 0.1) is 0 Å². The molecule has 4 heteroatoms. The van der Waals surface area contributed by atoms with Gasteiger partial charge in [-0.3, -0.25) is 4.79 Å². The number of aliphatic hydroxyl groups is 1. The minimum atomic E-state index is -0.666. The largest absolute Gasteiger partial charge is 0.388 e. The van der Waals surface area contributed by atoms with Crippen LogP contribution in [0.25, 0.3) is 0 Å². The highest BCUT2D eigenvalue weighted by molar-refractivity contribution is 6.33. The van der Waals surface area contributed by atoms with E-state index in [1.807, 2.05) is 13.0 Å². The number of carbonyl (C=O) groups is 1. The Hall–Kier alpha value is -1.06. The molecule has 0 saturated carbocycles. The molecule has 1 unspecified atom stereocenters. The number of Topliss-reactive ketones (excluding diaryl/α,β-unsaturated/α-hetero) is 1. The van der Waals surface area contributed by atoms with Crippen molar-refractivity contribution in [1.29, 1.82) is 0 Å². The van der Waals surface area contributed by atoms with Crippen LogP contribution < -0.4 is 4.90 Å². The zero-order valence-corrected chi connectivity index (χ0v) is 11.5. The Morgan fingerprint density at radius 1 is 1.50 bits per heavy atom. The molecule has 0 radical (unpaired) electrons. The third kappa shape index (κ3) is 2.85. The van der Waals surface area contributed by atoms with Gasteiger partial charge in [0.15, 0.2) is 5.78 Å². The maximum absolute atomic E-state index is 11.3. The van der Waals surface area contributed by atoms with E-state index >= 15 is 0 Å². The van der Waals surface area contributed by atoms with Gasteiger partial charge in [0.25, 0.3) is 0 Å². The van der Waals surface area contributed by atoms with Gasteiger partial charge in [-0.25, -0.2) is 0 Å². The van der Waals surface area contributed by atoms with Crippen molar-refractivity contribution in [1.82, 2.24) is 0 Å². The van der Waals surface area contributed by atoms with Gasteiger partial charge in [0.1, 0.15) is 0 Å². The highest BCUT2D eigenvalue weighted by Crippen LogP contribution is 2.31. The van der Waals surface area contributed by atoms with Crippen LogP contribution in [0.3, 0.4) is 0 Å². The summed E-state index contributed by atoms with van der Waals surface area (Å²) in [6.07, 6.45) is 1.75. The molecule has 98 valence electrons. The first-order valence-electron chi connectivity index (χ1n) is 6.17. The second kappa shape index (κ2) is 4.90. The van der Waals surface area contributed by atoms with Gasteiger partial charge in [-0.1, -0.05) is 11.6 Å². The predicted octanol–water partition coefficient (Wildman–Crippen LogP) is 2.89. The quantitative estimate of drug-likeness (QED) is 0.838. The van der Waals surface area contributed by atoms with Gasteiger partial charge in [-0.05, 0) is 44.9 Å². The number of ketones is 1. The van der Waals surface area contributed by atoms with E-state index in [1.165, 1.54) is 6.92 Å². The number of β-amino-alcohol motifs (C(OH)–C–C–N with tert-alkyl or cyclic N) is 1. The standard InChI is InChI=1S/C14H18ClNO2/c1-10(17)11-4-5-13(12(15)8-11)16-7-3-6-14(2,18)9-16/h4-5,8,18H,3,6-7,9H2,1-2H3. The minimum Gasteiger partial charge on any atom is -0.388 e. The van der Waals surface area contributed by atoms with Gasteiger partial charge in [0, 0.05) is 18.7 Å². The lowest BCUT2D eigenvalue weighted by atomic mass is 9.94. The monoisotopic (exact) mass is 267 g/mol. The normalized spacial score (nSPS) is 24.1. The van der Waals surface area contributed by atoms with Crippen LogP contribution in [0.2, 0.25) is 5.02 Å². The molecule has 1 aromatic carbocycles. The Morgan fingerprint density at radius 2 is 2.22 bits per heavy atom. The summed E-state index contributed by atoms with van der Waals surface area (Å²) >= 11 is 6.22. The molecule has 1 aliphatic rings. The molecule has 1 aliphatic heterocycles. The lowest BCUT2D eigenvalue weighted by molar-refractivity contribution is 0.0449. The summed E-state index contributed by atoms with van der Waals surface area (Å²) in [6, 6.07) is 5.34. The Bertz CT molecular complexity index is 471. The molecule has 0 bridgehead atoms. The number of carbonyl (C=O) groups excluding carboxylic acids is 1. The van der Waals surface area contributed by atoms with E-state index in [9.17, 15) is 9.90 Å². The van der Waals surface area contributed by atoms with Crippen molar-refractivity contribution in [3.05, 3.63) is 28.8 Å². The zero-order valence-electron chi connectivity index (χ0n) is 10.7. The molecule has 2 rings (SSSR count). The van der Waals surface area contributed by atoms with E-state index in [2.05, 4.69) is 4.90 Å². The first-order chi connectivity index (χ1) is 8.39. The summed E-state index contributed by atoms with van der Waals surface area (Å²) in [5.74, 6) is 0.00842. The Morgan fingerprint density at radius 3 is 2.78 bits per heavy atom. The first-order valence-corrected chi connectivity index (χ1v) is 6.55. The lowest BCUT2D eigenvalue weighted by Crippen LogP contribution is -2.46. The van der Waals surface area contributed by atoms with Crippen molar-refractivity contribution in [2.24, 2.45) is 0 Å². The van der Waals surface area contributed by atoms with Gasteiger partial charge in [-0.15, -0.1) is 0 Å². The SMILES string of the molecule is CC(=O)c1ccc(N2CCCC(C)(O)C2)c(Cl)c1. The number of hydrogen-bond donors (Lipinski definition) is 1. The molecule has 0 spiro atoms. The van der Waals surface area contributed by atoms with Crippen molar-refractivity contribution in [2.75, 3.05) is 18.0 Å². The Labute approximate surface area is 112 Å². The fourth-order valence-electron chi connectivity index (χ4n) is 2.41. The van der Waals surface area contributed by atoms with E-state index in [0.29, 0.717) is 17.1 Å². The molecule has 3 nitrogen and oxygen atoms in total. The second-order valence-corrected chi connectivity index (χ2v) is 5.65.